The first-order chi connectivity index (χ1) is 7.27. The molecule has 0 fully saturated rings. The molecule has 6 heteroatoms. The number of aromatic amines is 1. The zero-order valence-electron chi connectivity index (χ0n) is 7.57. The van der Waals surface area contributed by atoms with Crippen molar-refractivity contribution in [2.24, 2.45) is 0 Å². The lowest BCUT2D eigenvalue weighted by Crippen LogP contribution is -2.09. The lowest BCUT2D eigenvalue weighted by Gasteiger charge is -2.13. The number of carboxylic acid groups (broad SMARTS) is 1. The first kappa shape index (κ1) is 8.49. The van der Waals surface area contributed by atoms with Crippen LogP contribution < -0.4 is 5.32 Å². The fraction of sp³-hybridized carbons (Fsp3) is 0.111. The molecule has 0 amide bonds. The second-order valence-electron chi connectivity index (χ2n) is 3.26. The van der Waals surface area contributed by atoms with E-state index in [-0.39, 0.29) is 5.69 Å². The van der Waals surface area contributed by atoms with Gasteiger partial charge in [-0.2, -0.15) is 5.10 Å². The Morgan fingerprint density at radius 1 is 1.60 bits per heavy atom. The Labute approximate surface area is 88.8 Å². The van der Waals surface area contributed by atoms with Gasteiger partial charge in [-0.3, -0.25) is 5.10 Å². The van der Waals surface area contributed by atoms with Crippen molar-refractivity contribution in [2.75, 3.05) is 5.32 Å². The lowest BCUT2D eigenvalue weighted by molar-refractivity contribution is 0.0691. The standard InChI is InChI=1S/C9H7N3O2S/c13-9(14)7-5-6(11-12-7)8-4(3-10-5)1-2-15-8/h1-2,10H,3H2,(H,11,12)(H,13,14). The van der Waals surface area contributed by atoms with Gasteiger partial charge in [-0.1, -0.05) is 0 Å². The summed E-state index contributed by atoms with van der Waals surface area (Å²) >= 11 is 1.59. The van der Waals surface area contributed by atoms with Gasteiger partial charge in [0.1, 0.15) is 0 Å². The Morgan fingerprint density at radius 2 is 2.47 bits per heavy atom. The van der Waals surface area contributed by atoms with Crippen molar-refractivity contribution in [3.63, 3.8) is 0 Å². The highest BCUT2D eigenvalue weighted by atomic mass is 32.1. The zero-order valence-corrected chi connectivity index (χ0v) is 8.39. The molecule has 0 atom stereocenters. The van der Waals surface area contributed by atoms with E-state index in [9.17, 15) is 4.79 Å². The van der Waals surface area contributed by atoms with E-state index in [1.807, 2.05) is 11.4 Å². The molecule has 0 spiro atoms. The molecule has 76 valence electrons. The second kappa shape index (κ2) is 2.83. The van der Waals surface area contributed by atoms with Crippen molar-refractivity contribution in [2.45, 2.75) is 6.54 Å². The largest absolute Gasteiger partial charge is 0.476 e. The van der Waals surface area contributed by atoms with E-state index in [0.717, 1.165) is 10.6 Å². The fourth-order valence-electron chi connectivity index (χ4n) is 1.71. The molecular weight excluding hydrogens is 214 g/mol. The van der Waals surface area contributed by atoms with Gasteiger partial charge in [0.15, 0.2) is 5.69 Å². The van der Waals surface area contributed by atoms with E-state index in [4.69, 9.17) is 5.11 Å². The van der Waals surface area contributed by atoms with Gasteiger partial charge in [-0.05, 0) is 17.0 Å². The van der Waals surface area contributed by atoms with Crippen molar-refractivity contribution in [1.82, 2.24) is 10.2 Å². The van der Waals surface area contributed by atoms with Crippen molar-refractivity contribution >= 4 is 23.0 Å². The third kappa shape index (κ3) is 1.08. The van der Waals surface area contributed by atoms with Crippen molar-refractivity contribution < 1.29 is 9.90 Å². The molecule has 15 heavy (non-hydrogen) atoms. The smallest absolute Gasteiger partial charge is 0.358 e. The van der Waals surface area contributed by atoms with Gasteiger partial charge < -0.3 is 10.4 Å². The van der Waals surface area contributed by atoms with Crippen LogP contribution in [0.3, 0.4) is 0 Å². The van der Waals surface area contributed by atoms with Gasteiger partial charge in [0, 0.05) is 6.54 Å². The molecule has 3 N–H and O–H groups in total. The van der Waals surface area contributed by atoms with Crippen LogP contribution in [0.4, 0.5) is 5.69 Å². The van der Waals surface area contributed by atoms with Gasteiger partial charge in [0.2, 0.25) is 0 Å². The number of aromatic nitrogens is 2. The number of anilines is 1. The average molecular weight is 221 g/mol. The first-order valence-electron chi connectivity index (χ1n) is 4.39. The van der Waals surface area contributed by atoms with Crippen molar-refractivity contribution in [1.29, 1.82) is 0 Å². The topological polar surface area (TPSA) is 78.0 Å². The molecule has 0 aromatic carbocycles. The summed E-state index contributed by atoms with van der Waals surface area (Å²) in [6, 6.07) is 2.03. The Bertz CT molecular complexity index is 543. The number of aromatic carboxylic acids is 1. The number of nitrogens with zero attached hydrogens (tertiary/aromatic N) is 1. The normalized spacial score (nSPS) is 12.8. The van der Waals surface area contributed by atoms with Crippen LogP contribution in [-0.2, 0) is 6.54 Å². The minimum absolute atomic E-state index is 0.0593. The molecule has 2 aromatic rings. The Kier molecular flexibility index (Phi) is 1.60. The van der Waals surface area contributed by atoms with Gasteiger partial charge in [-0.15, -0.1) is 11.3 Å². The van der Waals surface area contributed by atoms with Gasteiger partial charge >= 0.3 is 5.97 Å². The van der Waals surface area contributed by atoms with Crippen molar-refractivity contribution in [3.8, 4) is 10.6 Å². The van der Waals surface area contributed by atoms with E-state index in [0.29, 0.717) is 12.2 Å². The third-order valence-corrected chi connectivity index (χ3v) is 3.37. The van der Waals surface area contributed by atoms with Crippen LogP contribution >= 0.6 is 11.3 Å². The van der Waals surface area contributed by atoms with Crippen LogP contribution in [0.2, 0.25) is 0 Å². The molecule has 3 rings (SSSR count). The summed E-state index contributed by atoms with van der Waals surface area (Å²) in [5.74, 6) is -1.01. The van der Waals surface area contributed by atoms with Crippen LogP contribution in [0.15, 0.2) is 11.4 Å². The van der Waals surface area contributed by atoms with Crippen LogP contribution in [0.1, 0.15) is 16.1 Å². The quantitative estimate of drug-likeness (QED) is 0.685. The maximum Gasteiger partial charge on any atom is 0.358 e. The molecule has 1 aliphatic rings. The summed E-state index contributed by atoms with van der Waals surface area (Å²) in [4.78, 5) is 11.9. The van der Waals surface area contributed by atoms with Gasteiger partial charge in [-0.25, -0.2) is 4.79 Å². The Morgan fingerprint density at radius 3 is 3.27 bits per heavy atom. The number of rotatable bonds is 1. The highest BCUT2D eigenvalue weighted by molar-refractivity contribution is 7.13. The summed E-state index contributed by atoms with van der Waals surface area (Å²) in [5.41, 5.74) is 2.61. The maximum absolute atomic E-state index is 10.9. The van der Waals surface area contributed by atoms with E-state index in [1.54, 1.807) is 11.3 Å². The van der Waals surface area contributed by atoms with Gasteiger partial charge in [0.25, 0.3) is 0 Å². The number of thiophene rings is 1. The predicted octanol–water partition coefficient (Wildman–Crippen LogP) is 1.76. The van der Waals surface area contributed by atoms with Crippen LogP contribution in [0, 0.1) is 0 Å². The summed E-state index contributed by atoms with van der Waals surface area (Å²) in [7, 11) is 0. The van der Waals surface area contributed by atoms with Crippen LogP contribution in [0.25, 0.3) is 10.6 Å². The molecule has 3 heterocycles. The fourth-order valence-corrected chi connectivity index (χ4v) is 2.64. The average Bonchev–Trinajstić information content (AvgIpc) is 2.82. The number of H-pyrrole nitrogens is 1. The molecular formula is C9H7N3O2S. The zero-order chi connectivity index (χ0) is 10.4. The number of carboxylic acids is 1. The first-order valence-corrected chi connectivity index (χ1v) is 5.27. The summed E-state index contributed by atoms with van der Waals surface area (Å²) in [5, 5.41) is 20.5. The molecule has 0 aliphatic carbocycles. The number of nitrogens with one attached hydrogen (secondary N) is 2. The molecule has 2 aromatic heterocycles. The van der Waals surface area contributed by atoms with E-state index < -0.39 is 5.97 Å². The molecule has 0 unspecified atom stereocenters. The minimum Gasteiger partial charge on any atom is -0.476 e. The summed E-state index contributed by atoms with van der Waals surface area (Å²) < 4.78 is 0. The monoisotopic (exact) mass is 221 g/mol. The van der Waals surface area contributed by atoms with E-state index >= 15 is 0 Å². The van der Waals surface area contributed by atoms with Gasteiger partial charge in [0.05, 0.1) is 16.3 Å². The Hall–Kier alpha value is -1.82. The molecule has 0 radical (unpaired) electrons. The number of hydrogen-bond donors (Lipinski definition) is 3. The lowest BCUT2D eigenvalue weighted by atomic mass is 10.1. The summed E-state index contributed by atoms with van der Waals surface area (Å²) in [6.07, 6.45) is 0. The minimum atomic E-state index is -1.01. The molecule has 1 aliphatic heterocycles. The highest BCUT2D eigenvalue weighted by Crippen LogP contribution is 2.39. The maximum atomic E-state index is 10.9. The number of hydrogen-bond acceptors (Lipinski definition) is 4. The van der Waals surface area contributed by atoms with E-state index in [1.165, 1.54) is 5.56 Å². The molecule has 5 nitrogen and oxygen atoms in total. The summed E-state index contributed by atoms with van der Waals surface area (Å²) in [6.45, 7) is 0.658. The SMILES string of the molecule is O=C(O)c1n[nH]c2c1NCc1ccsc1-2. The predicted molar refractivity (Wildman–Crippen MR) is 56.2 cm³/mol. The van der Waals surface area contributed by atoms with Crippen LogP contribution in [-0.4, -0.2) is 21.3 Å². The van der Waals surface area contributed by atoms with E-state index in [2.05, 4.69) is 15.5 Å². The Balaban J connectivity index is 2.23. The highest BCUT2D eigenvalue weighted by Gasteiger charge is 2.25. The van der Waals surface area contributed by atoms with Crippen LogP contribution in [0.5, 0.6) is 0 Å². The molecule has 0 saturated heterocycles. The van der Waals surface area contributed by atoms with Crippen molar-refractivity contribution in [3.05, 3.63) is 22.7 Å². The third-order valence-electron chi connectivity index (χ3n) is 2.40. The second-order valence-corrected chi connectivity index (χ2v) is 4.17. The molecule has 0 bridgehead atoms. The number of fused-ring (bicyclic) bond motifs is 3. The number of carbonyl (C=O) groups is 1. The molecule has 0 saturated carbocycles.